The predicted octanol–water partition coefficient (Wildman–Crippen LogP) is 4.74. The summed E-state index contributed by atoms with van der Waals surface area (Å²) in [5.41, 5.74) is 7.76. The smallest absolute Gasteiger partial charge is 0.155 e. The molecule has 0 amide bonds. The minimum absolute atomic E-state index is 0.158. The number of nitrogen functional groups attached to an aromatic ring is 1. The molecule has 158 valence electrons. The van der Waals surface area contributed by atoms with Crippen molar-refractivity contribution in [2.24, 2.45) is 35.0 Å². The molecule has 0 aliphatic heterocycles. The molecule has 4 aliphatic rings. The summed E-state index contributed by atoms with van der Waals surface area (Å²) >= 11 is 0. The van der Waals surface area contributed by atoms with Crippen molar-refractivity contribution in [3.05, 3.63) is 41.5 Å². The number of carbonyl (C=O) groups excluding carboxylic acids is 1. The molecule has 0 bridgehead atoms. The van der Waals surface area contributed by atoms with Crippen LogP contribution in [0.1, 0.15) is 64.4 Å². The zero-order chi connectivity index (χ0) is 21.1. The van der Waals surface area contributed by atoms with Gasteiger partial charge in [-0.3, -0.25) is 4.79 Å². The number of benzene rings is 1. The van der Waals surface area contributed by atoms with Crippen LogP contribution in [-0.4, -0.2) is 16.5 Å². The lowest BCUT2D eigenvalue weighted by atomic mass is 9.48. The van der Waals surface area contributed by atoms with Crippen molar-refractivity contribution in [1.82, 2.24) is 0 Å². The second-order valence-electron chi connectivity index (χ2n) is 10.6. The maximum absolute atomic E-state index is 12.0. The first-order chi connectivity index (χ1) is 14.3. The van der Waals surface area contributed by atoms with Crippen molar-refractivity contribution in [3.8, 4) is 11.8 Å². The normalized spacial score (nSPS) is 42.3. The quantitative estimate of drug-likeness (QED) is 0.486. The highest BCUT2D eigenvalue weighted by Crippen LogP contribution is 2.65. The lowest BCUT2D eigenvalue weighted by Gasteiger charge is -2.56. The first-order valence-corrected chi connectivity index (χ1v) is 11.7. The van der Waals surface area contributed by atoms with Crippen LogP contribution in [0.15, 0.2) is 35.9 Å². The lowest BCUT2D eigenvalue weighted by Crippen LogP contribution is -2.54. The van der Waals surface area contributed by atoms with Gasteiger partial charge in [-0.15, -0.1) is 0 Å². The van der Waals surface area contributed by atoms with E-state index in [9.17, 15) is 9.90 Å². The lowest BCUT2D eigenvalue weighted by molar-refractivity contribution is -0.117. The van der Waals surface area contributed by atoms with Crippen molar-refractivity contribution in [1.29, 1.82) is 0 Å². The number of hydrogen-bond acceptors (Lipinski definition) is 3. The van der Waals surface area contributed by atoms with Gasteiger partial charge in [0.2, 0.25) is 0 Å². The third-order valence-corrected chi connectivity index (χ3v) is 9.12. The molecule has 1 aromatic rings. The average Bonchev–Trinajstić information content (AvgIpc) is 2.98. The molecule has 3 nitrogen and oxygen atoms in total. The molecule has 0 aromatic heterocycles. The highest BCUT2D eigenvalue weighted by molar-refractivity contribution is 5.91. The SMILES string of the molecule is CC1CC2=CC(=O)CCC2C2CC[C@@]3(C)C(CC[C@@]3(O)C#Cc3ccc(N)cc3)C12. The number of carbonyl (C=O) groups is 1. The van der Waals surface area contributed by atoms with Gasteiger partial charge < -0.3 is 10.8 Å². The average molecular weight is 404 g/mol. The number of fused-ring (bicyclic) bond motifs is 5. The number of nitrogens with two attached hydrogens (primary N) is 1. The molecule has 0 heterocycles. The Hall–Kier alpha value is -2.05. The van der Waals surface area contributed by atoms with Crippen molar-refractivity contribution >= 4 is 11.5 Å². The van der Waals surface area contributed by atoms with Gasteiger partial charge >= 0.3 is 0 Å². The van der Waals surface area contributed by atoms with Crippen molar-refractivity contribution in [2.75, 3.05) is 5.73 Å². The topological polar surface area (TPSA) is 63.3 Å². The Kier molecular flexibility index (Phi) is 4.63. The Balaban J connectivity index is 1.44. The molecule has 3 heteroatoms. The van der Waals surface area contributed by atoms with E-state index in [0.29, 0.717) is 41.8 Å². The summed E-state index contributed by atoms with van der Waals surface area (Å²) in [6, 6.07) is 7.59. The summed E-state index contributed by atoms with van der Waals surface area (Å²) in [5, 5.41) is 11.8. The second kappa shape index (κ2) is 6.99. The molecule has 5 rings (SSSR count). The molecule has 0 saturated heterocycles. The van der Waals surface area contributed by atoms with Crippen LogP contribution < -0.4 is 5.73 Å². The summed E-state index contributed by atoms with van der Waals surface area (Å²) in [7, 11) is 0. The molecule has 3 saturated carbocycles. The zero-order valence-electron chi connectivity index (χ0n) is 18.2. The Bertz CT molecular complexity index is 951. The van der Waals surface area contributed by atoms with E-state index >= 15 is 0 Å². The van der Waals surface area contributed by atoms with E-state index in [-0.39, 0.29) is 5.41 Å². The summed E-state index contributed by atoms with van der Waals surface area (Å²) < 4.78 is 0. The number of hydrogen-bond donors (Lipinski definition) is 2. The van der Waals surface area contributed by atoms with Gasteiger partial charge in [0.15, 0.2) is 5.78 Å². The molecule has 4 aliphatic carbocycles. The standard InChI is InChI=1S/C27H33NO2/c1-17-15-19-16-21(29)7-8-22(19)23-10-12-26(2)24(25(17)23)11-14-27(26,30)13-9-18-3-5-20(28)6-4-18/h3-6,16-17,22-25,30H,7-8,10-12,14-15,28H2,1-2H3/t17?,22?,23?,24?,25?,26-,27-/m0/s1. The maximum Gasteiger partial charge on any atom is 0.155 e. The van der Waals surface area contributed by atoms with E-state index in [4.69, 9.17) is 5.73 Å². The summed E-state index contributed by atoms with van der Waals surface area (Å²) in [6.45, 7) is 4.66. The Morgan fingerprint density at radius 1 is 1.13 bits per heavy atom. The largest absolute Gasteiger partial charge is 0.399 e. The molecule has 7 atom stereocenters. The number of ketones is 1. The third kappa shape index (κ3) is 2.95. The summed E-state index contributed by atoms with van der Waals surface area (Å²) in [6.07, 6.45) is 8.75. The molecule has 0 spiro atoms. The summed E-state index contributed by atoms with van der Waals surface area (Å²) in [4.78, 5) is 12.0. The van der Waals surface area contributed by atoms with Gasteiger partial charge in [0.05, 0.1) is 0 Å². The third-order valence-electron chi connectivity index (χ3n) is 9.12. The van der Waals surface area contributed by atoms with Gasteiger partial charge in [-0.1, -0.05) is 31.3 Å². The van der Waals surface area contributed by atoms with Crippen LogP contribution in [0.4, 0.5) is 5.69 Å². The maximum atomic E-state index is 12.0. The van der Waals surface area contributed by atoms with Crippen LogP contribution in [-0.2, 0) is 4.79 Å². The molecule has 5 unspecified atom stereocenters. The van der Waals surface area contributed by atoms with E-state index in [1.807, 2.05) is 30.3 Å². The minimum atomic E-state index is -0.928. The molecule has 1 aromatic carbocycles. The summed E-state index contributed by atoms with van der Waals surface area (Å²) in [5.74, 6) is 9.84. The monoisotopic (exact) mass is 403 g/mol. The van der Waals surface area contributed by atoms with Crippen LogP contribution in [0.3, 0.4) is 0 Å². The number of rotatable bonds is 0. The van der Waals surface area contributed by atoms with E-state index in [1.165, 1.54) is 5.57 Å². The Labute approximate surface area is 180 Å². The van der Waals surface area contributed by atoms with Gasteiger partial charge in [0.1, 0.15) is 5.60 Å². The van der Waals surface area contributed by atoms with Crippen molar-refractivity contribution < 1.29 is 9.90 Å². The van der Waals surface area contributed by atoms with E-state index < -0.39 is 5.60 Å². The highest BCUT2D eigenvalue weighted by atomic mass is 16.3. The van der Waals surface area contributed by atoms with Gasteiger partial charge in [-0.25, -0.2) is 0 Å². The predicted molar refractivity (Wildman–Crippen MR) is 119 cm³/mol. The molecular weight excluding hydrogens is 370 g/mol. The Morgan fingerprint density at radius 3 is 2.67 bits per heavy atom. The fourth-order valence-corrected chi connectivity index (χ4v) is 7.55. The van der Waals surface area contributed by atoms with Crippen LogP contribution in [0.5, 0.6) is 0 Å². The zero-order valence-corrected chi connectivity index (χ0v) is 18.2. The fraction of sp³-hybridized carbons (Fsp3) is 0.593. The van der Waals surface area contributed by atoms with E-state index in [0.717, 1.165) is 49.8 Å². The second-order valence-corrected chi connectivity index (χ2v) is 10.6. The molecule has 3 fully saturated rings. The van der Waals surface area contributed by atoms with Crippen LogP contribution in [0.25, 0.3) is 0 Å². The van der Waals surface area contributed by atoms with Crippen LogP contribution in [0, 0.1) is 46.8 Å². The molecule has 30 heavy (non-hydrogen) atoms. The van der Waals surface area contributed by atoms with Gasteiger partial charge in [-0.2, -0.15) is 0 Å². The first-order valence-electron chi connectivity index (χ1n) is 11.7. The van der Waals surface area contributed by atoms with E-state index in [1.54, 1.807) is 0 Å². The number of anilines is 1. The number of aliphatic hydroxyl groups is 1. The molecule has 0 radical (unpaired) electrons. The van der Waals surface area contributed by atoms with Crippen LogP contribution in [0.2, 0.25) is 0 Å². The minimum Gasteiger partial charge on any atom is -0.399 e. The van der Waals surface area contributed by atoms with Gasteiger partial charge in [0, 0.05) is 23.1 Å². The van der Waals surface area contributed by atoms with Gasteiger partial charge in [-0.05, 0) is 98.5 Å². The van der Waals surface area contributed by atoms with E-state index in [2.05, 4.69) is 25.7 Å². The van der Waals surface area contributed by atoms with Crippen LogP contribution >= 0.6 is 0 Å². The first kappa shape index (κ1) is 19.9. The molecular formula is C27H33NO2. The number of allylic oxidation sites excluding steroid dienone is 1. The highest BCUT2D eigenvalue weighted by Gasteiger charge is 2.63. The molecule has 3 N–H and O–H groups in total. The Morgan fingerprint density at radius 2 is 1.90 bits per heavy atom. The van der Waals surface area contributed by atoms with Crippen molar-refractivity contribution in [2.45, 2.75) is 64.4 Å². The van der Waals surface area contributed by atoms with Gasteiger partial charge in [0.25, 0.3) is 0 Å². The van der Waals surface area contributed by atoms with Crippen molar-refractivity contribution in [3.63, 3.8) is 0 Å². The fourth-order valence-electron chi connectivity index (χ4n) is 7.55.